The second kappa shape index (κ2) is 5.07. The first-order chi connectivity index (χ1) is 8.65. The fourth-order valence-electron chi connectivity index (χ4n) is 1.58. The van der Waals surface area contributed by atoms with Gasteiger partial charge in [-0.1, -0.05) is 12.1 Å². The molecule has 0 unspecified atom stereocenters. The Morgan fingerprint density at radius 1 is 1.39 bits per heavy atom. The zero-order valence-corrected chi connectivity index (χ0v) is 11.1. The van der Waals surface area contributed by atoms with Gasteiger partial charge in [0.25, 0.3) is 5.56 Å². The Hall–Kier alpha value is -2.06. The normalized spacial score (nSPS) is 9.83. The predicted molar refractivity (Wildman–Crippen MR) is 71.5 cm³/mol. The van der Waals surface area contributed by atoms with Crippen molar-refractivity contribution in [1.82, 2.24) is 4.98 Å². The molecule has 1 aromatic carbocycles. The van der Waals surface area contributed by atoms with Gasteiger partial charge in [-0.25, -0.2) is 0 Å². The van der Waals surface area contributed by atoms with E-state index in [1.807, 2.05) is 30.3 Å². The van der Waals surface area contributed by atoms with Crippen LogP contribution in [0.1, 0.15) is 5.56 Å². The van der Waals surface area contributed by atoms with Crippen molar-refractivity contribution in [3.8, 4) is 23.1 Å². The summed E-state index contributed by atoms with van der Waals surface area (Å²) in [5.41, 5.74) is 1.10. The van der Waals surface area contributed by atoms with E-state index >= 15 is 0 Å². The maximum absolute atomic E-state index is 11.6. The molecule has 1 N–H and O–H groups in total. The molecule has 90 valence electrons. The maximum Gasteiger partial charge on any atom is 0.266 e. The van der Waals surface area contributed by atoms with Gasteiger partial charge in [-0.2, -0.15) is 5.26 Å². The molecule has 0 saturated carbocycles. The third-order valence-corrected chi connectivity index (χ3v) is 3.10. The first kappa shape index (κ1) is 12.4. The number of nitrogens with one attached hydrogen (secondary N) is 1. The molecule has 1 aromatic heterocycles. The number of nitrogens with zero attached hydrogens (tertiary/aromatic N) is 1. The molecule has 0 fully saturated rings. The van der Waals surface area contributed by atoms with E-state index in [1.54, 1.807) is 7.11 Å². The zero-order valence-electron chi connectivity index (χ0n) is 9.53. The molecule has 1 heterocycles. The van der Waals surface area contributed by atoms with Gasteiger partial charge >= 0.3 is 0 Å². The standard InChI is InChI=1S/C13H9BrN2O2/c1-18-10-4-2-3-8(5-10)12-11(14)6-9(7-15)13(17)16-12/h2-6H,1H3,(H,16,17). The Kier molecular flexibility index (Phi) is 3.49. The van der Waals surface area contributed by atoms with Crippen LogP contribution in [-0.2, 0) is 0 Å². The highest BCUT2D eigenvalue weighted by Gasteiger charge is 2.09. The van der Waals surface area contributed by atoms with Gasteiger partial charge in [0.05, 0.1) is 12.8 Å². The van der Waals surface area contributed by atoms with Crippen LogP contribution in [0, 0.1) is 11.3 Å². The molecule has 0 radical (unpaired) electrons. The number of aromatic nitrogens is 1. The smallest absolute Gasteiger partial charge is 0.266 e. The number of halogens is 1. The summed E-state index contributed by atoms with van der Waals surface area (Å²) in [5.74, 6) is 0.699. The summed E-state index contributed by atoms with van der Waals surface area (Å²) in [6, 6.07) is 10.7. The Labute approximate surface area is 112 Å². The van der Waals surface area contributed by atoms with Gasteiger partial charge in [0.15, 0.2) is 0 Å². The molecule has 4 nitrogen and oxygen atoms in total. The van der Waals surface area contributed by atoms with Crippen molar-refractivity contribution in [2.75, 3.05) is 7.11 Å². The van der Waals surface area contributed by atoms with Crippen molar-refractivity contribution in [3.63, 3.8) is 0 Å². The fraction of sp³-hybridized carbons (Fsp3) is 0.0769. The van der Waals surface area contributed by atoms with E-state index in [1.165, 1.54) is 6.07 Å². The highest BCUT2D eigenvalue weighted by atomic mass is 79.9. The summed E-state index contributed by atoms with van der Waals surface area (Å²) < 4.78 is 5.79. The molecular weight excluding hydrogens is 296 g/mol. The van der Waals surface area contributed by atoms with E-state index in [2.05, 4.69) is 20.9 Å². The fourth-order valence-corrected chi connectivity index (χ4v) is 2.13. The van der Waals surface area contributed by atoms with Crippen molar-refractivity contribution in [2.24, 2.45) is 0 Å². The van der Waals surface area contributed by atoms with Crippen LogP contribution < -0.4 is 10.3 Å². The second-order valence-corrected chi connectivity index (χ2v) is 4.43. The van der Waals surface area contributed by atoms with Gasteiger partial charge in [-0.15, -0.1) is 0 Å². The third-order valence-electron chi connectivity index (χ3n) is 2.47. The summed E-state index contributed by atoms with van der Waals surface area (Å²) in [4.78, 5) is 14.3. The van der Waals surface area contributed by atoms with Crippen LogP contribution in [0.15, 0.2) is 39.6 Å². The first-order valence-electron chi connectivity index (χ1n) is 5.13. The Morgan fingerprint density at radius 2 is 2.17 bits per heavy atom. The molecule has 5 heteroatoms. The van der Waals surface area contributed by atoms with Crippen molar-refractivity contribution in [1.29, 1.82) is 5.26 Å². The zero-order chi connectivity index (χ0) is 13.1. The minimum atomic E-state index is -0.404. The molecule has 2 aromatic rings. The van der Waals surface area contributed by atoms with Crippen LogP contribution in [0.5, 0.6) is 5.75 Å². The number of nitriles is 1. The molecule has 0 aliphatic rings. The number of hydrogen-bond donors (Lipinski definition) is 1. The minimum Gasteiger partial charge on any atom is -0.497 e. The van der Waals surface area contributed by atoms with E-state index < -0.39 is 5.56 Å². The predicted octanol–water partition coefficient (Wildman–Crippen LogP) is 2.68. The van der Waals surface area contributed by atoms with Crippen LogP contribution in [0.3, 0.4) is 0 Å². The van der Waals surface area contributed by atoms with Gasteiger partial charge in [0.1, 0.15) is 17.4 Å². The lowest BCUT2D eigenvalue weighted by molar-refractivity contribution is 0.415. The lowest BCUT2D eigenvalue weighted by atomic mass is 10.1. The Bertz CT molecular complexity index is 686. The van der Waals surface area contributed by atoms with Crippen LogP contribution in [0.25, 0.3) is 11.3 Å². The number of methoxy groups -OCH3 is 1. The monoisotopic (exact) mass is 304 g/mol. The van der Waals surface area contributed by atoms with Crippen molar-refractivity contribution in [2.45, 2.75) is 0 Å². The van der Waals surface area contributed by atoms with Crippen molar-refractivity contribution in [3.05, 3.63) is 50.7 Å². The highest BCUT2D eigenvalue weighted by Crippen LogP contribution is 2.27. The molecule has 2 rings (SSSR count). The van der Waals surface area contributed by atoms with Crippen molar-refractivity contribution < 1.29 is 4.74 Å². The minimum absolute atomic E-state index is 0.0773. The number of aromatic amines is 1. The summed E-state index contributed by atoms with van der Waals surface area (Å²) in [5, 5.41) is 8.78. The molecule has 0 saturated heterocycles. The van der Waals surface area contributed by atoms with E-state index in [0.717, 1.165) is 5.56 Å². The van der Waals surface area contributed by atoms with Crippen LogP contribution in [0.2, 0.25) is 0 Å². The van der Waals surface area contributed by atoms with E-state index in [9.17, 15) is 4.79 Å². The van der Waals surface area contributed by atoms with Crippen LogP contribution >= 0.6 is 15.9 Å². The van der Waals surface area contributed by atoms with Gasteiger partial charge in [-0.3, -0.25) is 4.79 Å². The average molecular weight is 305 g/mol. The summed E-state index contributed by atoms with van der Waals surface area (Å²) in [6.07, 6.45) is 0. The third kappa shape index (κ3) is 2.29. The molecule has 18 heavy (non-hydrogen) atoms. The Morgan fingerprint density at radius 3 is 2.83 bits per heavy atom. The lowest BCUT2D eigenvalue weighted by Gasteiger charge is -2.06. The summed E-state index contributed by atoms with van der Waals surface area (Å²) in [7, 11) is 1.58. The molecule has 0 spiro atoms. The SMILES string of the molecule is COc1cccc(-c2[nH]c(=O)c(C#N)cc2Br)c1. The quantitative estimate of drug-likeness (QED) is 0.927. The number of H-pyrrole nitrogens is 1. The Balaban J connectivity index is 2.61. The molecule has 0 amide bonds. The first-order valence-corrected chi connectivity index (χ1v) is 5.92. The van der Waals surface area contributed by atoms with Crippen molar-refractivity contribution >= 4 is 15.9 Å². The lowest BCUT2D eigenvalue weighted by Crippen LogP contribution is -2.11. The topological polar surface area (TPSA) is 65.9 Å². The number of rotatable bonds is 2. The number of pyridine rings is 1. The van der Waals surface area contributed by atoms with Crippen LogP contribution in [0.4, 0.5) is 0 Å². The highest BCUT2D eigenvalue weighted by molar-refractivity contribution is 9.10. The molecule has 0 atom stereocenters. The van der Waals surface area contributed by atoms with Gasteiger partial charge in [-0.05, 0) is 34.1 Å². The molecule has 0 aliphatic carbocycles. The molecule has 0 bridgehead atoms. The molecule has 0 aliphatic heterocycles. The van der Waals surface area contributed by atoms with E-state index in [4.69, 9.17) is 10.00 Å². The second-order valence-electron chi connectivity index (χ2n) is 3.58. The van der Waals surface area contributed by atoms with Gasteiger partial charge in [0, 0.05) is 10.0 Å². The number of hydrogen-bond acceptors (Lipinski definition) is 3. The average Bonchev–Trinajstić information content (AvgIpc) is 2.41. The maximum atomic E-state index is 11.6. The summed E-state index contributed by atoms with van der Waals surface area (Å²) in [6.45, 7) is 0. The summed E-state index contributed by atoms with van der Waals surface area (Å²) >= 11 is 3.34. The number of ether oxygens (including phenoxy) is 1. The van der Waals surface area contributed by atoms with Gasteiger partial charge < -0.3 is 9.72 Å². The molecular formula is C13H9BrN2O2. The van der Waals surface area contributed by atoms with Crippen LogP contribution in [-0.4, -0.2) is 12.1 Å². The van der Waals surface area contributed by atoms with E-state index in [-0.39, 0.29) is 5.56 Å². The van der Waals surface area contributed by atoms with Gasteiger partial charge in [0.2, 0.25) is 0 Å². The van der Waals surface area contributed by atoms with E-state index in [0.29, 0.717) is 15.9 Å². The largest absolute Gasteiger partial charge is 0.497 e. The number of benzene rings is 1.